The minimum atomic E-state index is -0.587. The Balaban J connectivity index is 2.05. The predicted molar refractivity (Wildman–Crippen MR) is 75.3 cm³/mol. The first kappa shape index (κ1) is 14.4. The van der Waals surface area contributed by atoms with E-state index in [1.54, 1.807) is 12.1 Å². The van der Waals surface area contributed by atoms with E-state index in [4.69, 9.17) is 0 Å². The summed E-state index contributed by atoms with van der Waals surface area (Å²) in [6, 6.07) is 3.38. The number of nitrogens with zero attached hydrogens (tertiary/aromatic N) is 4. The molecule has 6 nitrogen and oxygen atoms in total. The first-order valence-corrected chi connectivity index (χ1v) is 6.46. The van der Waals surface area contributed by atoms with Crippen LogP contribution in [0.1, 0.15) is 12.5 Å². The Morgan fingerprint density at radius 2 is 2.10 bits per heavy atom. The molecule has 0 aromatic carbocycles. The number of hydrazone groups is 1. The number of likely N-dealkylation sites (N-methyl/N-ethyl adjacent to an activating group) is 1. The number of rotatable bonds is 3. The van der Waals surface area contributed by atoms with Gasteiger partial charge in [-0.15, -0.1) is 0 Å². The maximum absolute atomic E-state index is 13.9. The van der Waals surface area contributed by atoms with Crippen LogP contribution in [0, 0.1) is 5.95 Å². The summed E-state index contributed by atoms with van der Waals surface area (Å²) >= 11 is 0. The highest BCUT2D eigenvalue weighted by Gasteiger charge is 2.16. The summed E-state index contributed by atoms with van der Waals surface area (Å²) in [7, 11) is 2.06. The number of nitrogens with one attached hydrogen (secondary N) is 1. The molecule has 1 fully saturated rings. The molecule has 0 unspecified atom stereocenters. The van der Waals surface area contributed by atoms with Crippen LogP contribution < -0.4 is 10.3 Å². The van der Waals surface area contributed by atoms with Crippen molar-refractivity contribution in [2.75, 3.05) is 38.1 Å². The first-order valence-electron chi connectivity index (χ1n) is 6.46. The molecule has 0 spiro atoms. The van der Waals surface area contributed by atoms with Gasteiger partial charge in [0.1, 0.15) is 5.82 Å². The smallest absolute Gasteiger partial charge is 0.236 e. The average molecular weight is 279 g/mol. The van der Waals surface area contributed by atoms with E-state index >= 15 is 0 Å². The molecule has 1 aliphatic heterocycles. The number of piperazine rings is 1. The quantitative estimate of drug-likeness (QED) is 0.495. The number of anilines is 1. The molecule has 0 bridgehead atoms. The fraction of sp³-hybridized carbons (Fsp3) is 0.462. The maximum atomic E-state index is 13.9. The average Bonchev–Trinajstić information content (AvgIpc) is 2.41. The van der Waals surface area contributed by atoms with Crippen molar-refractivity contribution in [1.82, 2.24) is 15.3 Å². The van der Waals surface area contributed by atoms with Crippen LogP contribution in [0.4, 0.5) is 10.2 Å². The predicted octanol–water partition coefficient (Wildman–Crippen LogP) is 0.443. The van der Waals surface area contributed by atoms with Crippen molar-refractivity contribution >= 4 is 17.9 Å². The van der Waals surface area contributed by atoms with E-state index < -0.39 is 5.95 Å². The van der Waals surface area contributed by atoms with Crippen LogP contribution in [-0.4, -0.2) is 55.2 Å². The monoisotopic (exact) mass is 279 g/mol. The fourth-order valence-electron chi connectivity index (χ4n) is 1.94. The largest absolute Gasteiger partial charge is 0.354 e. The lowest BCUT2D eigenvalue weighted by atomic mass is 10.2. The lowest BCUT2D eigenvalue weighted by molar-refractivity contribution is -0.118. The van der Waals surface area contributed by atoms with Gasteiger partial charge < -0.3 is 9.80 Å². The van der Waals surface area contributed by atoms with Gasteiger partial charge in [-0.2, -0.15) is 9.49 Å². The number of carbonyl (C=O) groups excluding carboxylic acids is 1. The topological polar surface area (TPSA) is 60.8 Å². The third-order valence-corrected chi connectivity index (χ3v) is 3.12. The molecule has 7 heteroatoms. The van der Waals surface area contributed by atoms with E-state index in [9.17, 15) is 9.18 Å². The Hall–Kier alpha value is -2.02. The zero-order chi connectivity index (χ0) is 14.5. The van der Waals surface area contributed by atoms with Gasteiger partial charge in [0, 0.05) is 38.7 Å². The highest BCUT2D eigenvalue weighted by atomic mass is 19.1. The Labute approximate surface area is 117 Å². The SMILES string of the molecule is CC(=O)NN=Cc1ccc(N2CCN(C)CC2)nc1F. The minimum absolute atomic E-state index is 0.247. The first-order chi connectivity index (χ1) is 9.56. The second kappa shape index (κ2) is 6.42. The highest BCUT2D eigenvalue weighted by Crippen LogP contribution is 2.15. The van der Waals surface area contributed by atoms with Gasteiger partial charge >= 0.3 is 0 Å². The lowest BCUT2D eigenvalue weighted by Gasteiger charge is -2.33. The zero-order valence-corrected chi connectivity index (χ0v) is 11.6. The van der Waals surface area contributed by atoms with Crippen molar-refractivity contribution < 1.29 is 9.18 Å². The minimum Gasteiger partial charge on any atom is -0.354 e. The summed E-state index contributed by atoms with van der Waals surface area (Å²) in [6.45, 7) is 4.89. The van der Waals surface area contributed by atoms with Crippen LogP contribution in [0.25, 0.3) is 0 Å². The Kier molecular flexibility index (Phi) is 4.62. The fourth-order valence-corrected chi connectivity index (χ4v) is 1.94. The van der Waals surface area contributed by atoms with Gasteiger partial charge in [0.25, 0.3) is 0 Å². The maximum Gasteiger partial charge on any atom is 0.236 e. The molecule has 0 aliphatic carbocycles. The second-order valence-electron chi connectivity index (χ2n) is 4.77. The van der Waals surface area contributed by atoms with Gasteiger partial charge in [0.05, 0.1) is 6.21 Å². The molecule has 0 atom stereocenters. The van der Waals surface area contributed by atoms with E-state index in [1.165, 1.54) is 13.1 Å². The summed E-state index contributed by atoms with van der Waals surface area (Å²) in [6.07, 6.45) is 1.25. The molecule has 2 rings (SSSR count). The number of halogens is 1. The number of hydrogen-bond acceptors (Lipinski definition) is 5. The molecule has 1 aromatic heterocycles. The normalized spacial score (nSPS) is 16.6. The van der Waals surface area contributed by atoms with E-state index in [2.05, 4.69) is 32.4 Å². The Morgan fingerprint density at radius 3 is 2.70 bits per heavy atom. The van der Waals surface area contributed by atoms with Crippen molar-refractivity contribution in [2.24, 2.45) is 5.10 Å². The van der Waals surface area contributed by atoms with Crippen LogP contribution in [-0.2, 0) is 4.79 Å². The Bertz CT molecular complexity index is 511. The number of amides is 1. The van der Waals surface area contributed by atoms with Crippen molar-refractivity contribution in [1.29, 1.82) is 0 Å². The molecule has 2 heterocycles. The third-order valence-electron chi connectivity index (χ3n) is 3.12. The van der Waals surface area contributed by atoms with Crippen molar-refractivity contribution in [2.45, 2.75) is 6.92 Å². The third kappa shape index (κ3) is 3.74. The van der Waals surface area contributed by atoms with Crippen molar-refractivity contribution in [3.63, 3.8) is 0 Å². The van der Waals surface area contributed by atoms with Crippen molar-refractivity contribution in [3.8, 4) is 0 Å². The molecule has 1 amide bonds. The Morgan fingerprint density at radius 1 is 1.40 bits per heavy atom. The standard InChI is InChI=1S/C13H18FN5O/c1-10(20)17-15-9-11-3-4-12(16-13(11)14)19-7-5-18(2)6-8-19/h3-4,9H,5-8H2,1-2H3,(H,17,20). The molecule has 1 saturated heterocycles. The molecule has 1 N–H and O–H groups in total. The second-order valence-corrected chi connectivity index (χ2v) is 4.77. The van der Waals surface area contributed by atoms with E-state index in [1.807, 2.05) is 0 Å². The van der Waals surface area contributed by atoms with Crippen LogP contribution in [0.5, 0.6) is 0 Å². The van der Waals surface area contributed by atoms with Gasteiger partial charge in [-0.05, 0) is 19.2 Å². The summed E-state index contributed by atoms with van der Waals surface area (Å²) in [5.41, 5.74) is 2.47. The molecular formula is C13H18FN5O. The van der Waals surface area contributed by atoms with Crippen LogP contribution in [0.3, 0.4) is 0 Å². The lowest BCUT2D eigenvalue weighted by Crippen LogP contribution is -2.44. The molecule has 0 radical (unpaired) electrons. The summed E-state index contributed by atoms with van der Waals surface area (Å²) in [4.78, 5) is 18.9. The molecule has 1 aromatic rings. The van der Waals surface area contributed by atoms with E-state index in [0.717, 1.165) is 26.2 Å². The number of pyridine rings is 1. The van der Waals surface area contributed by atoms with Crippen LogP contribution >= 0.6 is 0 Å². The van der Waals surface area contributed by atoms with Crippen LogP contribution in [0.15, 0.2) is 17.2 Å². The van der Waals surface area contributed by atoms with Gasteiger partial charge in [0.2, 0.25) is 11.9 Å². The molecular weight excluding hydrogens is 261 g/mol. The van der Waals surface area contributed by atoms with Gasteiger partial charge in [-0.1, -0.05) is 0 Å². The van der Waals surface area contributed by atoms with Gasteiger partial charge in [0.15, 0.2) is 0 Å². The summed E-state index contributed by atoms with van der Waals surface area (Å²) in [5.74, 6) is -0.258. The van der Waals surface area contributed by atoms with Crippen molar-refractivity contribution in [3.05, 3.63) is 23.6 Å². The van der Waals surface area contributed by atoms with Crippen LogP contribution in [0.2, 0.25) is 0 Å². The molecule has 108 valence electrons. The van der Waals surface area contributed by atoms with Gasteiger partial charge in [-0.3, -0.25) is 4.79 Å². The summed E-state index contributed by atoms with van der Waals surface area (Å²) < 4.78 is 13.9. The number of carbonyl (C=O) groups is 1. The zero-order valence-electron chi connectivity index (χ0n) is 11.6. The molecule has 20 heavy (non-hydrogen) atoms. The van der Waals surface area contributed by atoms with Gasteiger partial charge in [-0.25, -0.2) is 10.4 Å². The van der Waals surface area contributed by atoms with E-state index in [-0.39, 0.29) is 11.5 Å². The summed E-state index contributed by atoms with van der Waals surface area (Å²) in [5, 5.41) is 3.63. The molecule has 1 aliphatic rings. The number of hydrogen-bond donors (Lipinski definition) is 1. The highest BCUT2D eigenvalue weighted by molar-refractivity contribution is 5.81. The van der Waals surface area contributed by atoms with E-state index in [0.29, 0.717) is 5.82 Å². The molecule has 0 saturated carbocycles. The number of aromatic nitrogens is 1.